The number of aromatic nitrogens is 2. The first-order chi connectivity index (χ1) is 8.61. The van der Waals surface area contributed by atoms with Crippen molar-refractivity contribution in [2.24, 2.45) is 0 Å². The average molecular weight is 242 g/mol. The monoisotopic (exact) mass is 242 g/mol. The predicted octanol–water partition coefficient (Wildman–Crippen LogP) is 1.97. The van der Waals surface area contributed by atoms with Crippen LogP contribution >= 0.6 is 0 Å². The molecule has 0 saturated carbocycles. The highest BCUT2D eigenvalue weighted by atomic mass is 15.1. The van der Waals surface area contributed by atoms with Gasteiger partial charge in [-0.3, -0.25) is 0 Å². The van der Waals surface area contributed by atoms with Gasteiger partial charge in [-0.25, -0.2) is 4.98 Å². The van der Waals surface area contributed by atoms with Gasteiger partial charge in [0.1, 0.15) is 5.82 Å². The molecular weight excluding hydrogens is 224 g/mol. The van der Waals surface area contributed by atoms with Crippen LogP contribution in [0.1, 0.15) is 11.4 Å². The fourth-order valence-corrected chi connectivity index (χ4v) is 2.04. The Labute approximate surface area is 107 Å². The van der Waals surface area contributed by atoms with Crippen molar-refractivity contribution in [2.45, 2.75) is 19.9 Å². The number of imidazole rings is 1. The lowest BCUT2D eigenvalue weighted by Gasteiger charge is -2.12. The van der Waals surface area contributed by atoms with Crippen molar-refractivity contribution < 1.29 is 0 Å². The molecule has 1 heterocycles. The molecule has 0 aliphatic heterocycles. The van der Waals surface area contributed by atoms with Crippen molar-refractivity contribution in [3.05, 3.63) is 29.6 Å². The van der Waals surface area contributed by atoms with Crippen molar-refractivity contribution in [2.75, 3.05) is 20.6 Å². The van der Waals surface area contributed by atoms with Crippen molar-refractivity contribution in [1.82, 2.24) is 14.5 Å². The van der Waals surface area contributed by atoms with Gasteiger partial charge >= 0.3 is 0 Å². The van der Waals surface area contributed by atoms with Gasteiger partial charge in [0, 0.05) is 13.1 Å². The smallest absolute Gasteiger partial charge is 0.124 e. The first-order valence-electron chi connectivity index (χ1n) is 6.09. The normalized spacial score (nSPS) is 11.1. The van der Waals surface area contributed by atoms with E-state index in [0.29, 0.717) is 6.42 Å². The maximum Gasteiger partial charge on any atom is 0.124 e. The zero-order valence-corrected chi connectivity index (χ0v) is 11.1. The molecule has 1 aromatic heterocycles. The summed E-state index contributed by atoms with van der Waals surface area (Å²) in [5.74, 6) is 0.861. The van der Waals surface area contributed by atoms with E-state index in [1.807, 2.05) is 14.1 Å². The number of rotatable bonds is 4. The Kier molecular flexibility index (Phi) is 3.63. The molecule has 1 aromatic carbocycles. The predicted molar refractivity (Wildman–Crippen MR) is 72.3 cm³/mol. The molecule has 0 spiro atoms. The Morgan fingerprint density at radius 3 is 2.83 bits per heavy atom. The Bertz CT molecular complexity index is 590. The third kappa shape index (κ3) is 2.52. The maximum absolute atomic E-state index is 8.89. The molecule has 0 amide bonds. The highest BCUT2D eigenvalue weighted by Crippen LogP contribution is 2.18. The second-order valence-corrected chi connectivity index (χ2v) is 4.81. The Balaban J connectivity index is 2.45. The largest absolute Gasteiger partial charge is 0.326 e. The van der Waals surface area contributed by atoms with E-state index in [9.17, 15) is 0 Å². The fourth-order valence-electron chi connectivity index (χ4n) is 2.04. The molecule has 2 aromatic rings. The van der Waals surface area contributed by atoms with Gasteiger partial charge in [0.25, 0.3) is 0 Å². The minimum Gasteiger partial charge on any atom is -0.326 e. The van der Waals surface area contributed by atoms with Crippen molar-refractivity contribution in [3.63, 3.8) is 0 Å². The minimum absolute atomic E-state index is 0.362. The van der Waals surface area contributed by atoms with E-state index in [0.717, 1.165) is 29.9 Å². The molecule has 2 rings (SSSR count). The minimum atomic E-state index is 0.362. The van der Waals surface area contributed by atoms with Crippen LogP contribution in [0.25, 0.3) is 11.0 Å². The van der Waals surface area contributed by atoms with Crippen molar-refractivity contribution in [3.8, 4) is 6.07 Å². The van der Waals surface area contributed by atoms with Crippen LogP contribution in [0.5, 0.6) is 0 Å². The van der Waals surface area contributed by atoms with Crippen LogP contribution in [0.2, 0.25) is 0 Å². The van der Waals surface area contributed by atoms with E-state index < -0.39 is 0 Å². The standard InChI is InChI=1S/C14H18N4/c1-11-4-5-13-12(10-11)16-14(6-7-15)18(13)9-8-17(2)3/h4-5,10H,6,8-9H2,1-3H3. The first kappa shape index (κ1) is 12.6. The molecule has 0 unspecified atom stereocenters. The van der Waals surface area contributed by atoms with Gasteiger partial charge < -0.3 is 9.47 Å². The second kappa shape index (κ2) is 5.19. The van der Waals surface area contributed by atoms with E-state index in [1.54, 1.807) is 0 Å². The molecule has 0 fully saturated rings. The number of nitrogens with zero attached hydrogens (tertiary/aromatic N) is 4. The van der Waals surface area contributed by atoms with Crippen LogP contribution in [0.4, 0.5) is 0 Å². The zero-order chi connectivity index (χ0) is 13.1. The van der Waals surface area contributed by atoms with E-state index in [2.05, 4.69) is 45.6 Å². The molecule has 0 saturated heterocycles. The summed E-state index contributed by atoms with van der Waals surface area (Å²) >= 11 is 0. The summed E-state index contributed by atoms with van der Waals surface area (Å²) in [7, 11) is 4.10. The van der Waals surface area contributed by atoms with E-state index in [1.165, 1.54) is 5.56 Å². The SMILES string of the molecule is Cc1ccc2c(c1)nc(CC#N)n2CCN(C)C. The molecule has 4 heteroatoms. The van der Waals surface area contributed by atoms with Crippen LogP contribution < -0.4 is 0 Å². The molecular formula is C14H18N4. The zero-order valence-electron chi connectivity index (χ0n) is 11.1. The summed E-state index contributed by atoms with van der Waals surface area (Å²) < 4.78 is 2.15. The molecule has 0 aliphatic rings. The van der Waals surface area contributed by atoms with Crippen LogP contribution in [-0.4, -0.2) is 35.1 Å². The van der Waals surface area contributed by atoms with Gasteiger partial charge in [0.2, 0.25) is 0 Å². The van der Waals surface area contributed by atoms with Crippen LogP contribution in [0.3, 0.4) is 0 Å². The third-order valence-electron chi connectivity index (χ3n) is 2.99. The number of aryl methyl sites for hydroxylation is 1. The van der Waals surface area contributed by atoms with E-state index in [4.69, 9.17) is 5.26 Å². The van der Waals surface area contributed by atoms with E-state index in [-0.39, 0.29) is 0 Å². The molecule has 0 N–H and O–H groups in total. The van der Waals surface area contributed by atoms with Crippen molar-refractivity contribution >= 4 is 11.0 Å². The van der Waals surface area contributed by atoms with Gasteiger partial charge in [-0.1, -0.05) is 6.07 Å². The van der Waals surface area contributed by atoms with Crippen LogP contribution in [0, 0.1) is 18.3 Å². The van der Waals surface area contributed by atoms with Crippen LogP contribution in [-0.2, 0) is 13.0 Å². The molecule has 0 bridgehead atoms. The molecule has 18 heavy (non-hydrogen) atoms. The molecule has 0 atom stereocenters. The maximum atomic E-state index is 8.89. The summed E-state index contributed by atoms with van der Waals surface area (Å²) in [4.78, 5) is 6.70. The molecule has 0 radical (unpaired) electrons. The van der Waals surface area contributed by atoms with Gasteiger partial charge in [0.05, 0.1) is 23.5 Å². The third-order valence-corrected chi connectivity index (χ3v) is 2.99. The van der Waals surface area contributed by atoms with Crippen molar-refractivity contribution in [1.29, 1.82) is 5.26 Å². The van der Waals surface area contributed by atoms with Gasteiger partial charge in [-0.15, -0.1) is 0 Å². The summed E-state index contributed by atoms with van der Waals surface area (Å²) in [5.41, 5.74) is 3.30. The van der Waals surface area contributed by atoms with Crippen LogP contribution in [0.15, 0.2) is 18.2 Å². The van der Waals surface area contributed by atoms with Gasteiger partial charge in [0.15, 0.2) is 0 Å². The highest BCUT2D eigenvalue weighted by molar-refractivity contribution is 5.77. The molecule has 0 aliphatic carbocycles. The first-order valence-corrected chi connectivity index (χ1v) is 6.09. The number of hydrogen-bond donors (Lipinski definition) is 0. The lowest BCUT2D eigenvalue weighted by molar-refractivity contribution is 0.384. The lowest BCUT2D eigenvalue weighted by Crippen LogP contribution is -2.19. The summed E-state index contributed by atoms with van der Waals surface area (Å²) in [6.45, 7) is 3.86. The quantitative estimate of drug-likeness (QED) is 0.823. The number of likely N-dealkylation sites (N-methyl/N-ethyl adjacent to an activating group) is 1. The highest BCUT2D eigenvalue weighted by Gasteiger charge is 2.10. The Morgan fingerprint density at radius 2 is 2.17 bits per heavy atom. The molecule has 4 nitrogen and oxygen atoms in total. The Hall–Kier alpha value is -1.86. The number of hydrogen-bond acceptors (Lipinski definition) is 3. The summed E-state index contributed by atoms with van der Waals surface area (Å²) in [6, 6.07) is 8.44. The van der Waals surface area contributed by atoms with Gasteiger partial charge in [-0.05, 0) is 38.7 Å². The van der Waals surface area contributed by atoms with Gasteiger partial charge in [-0.2, -0.15) is 5.26 Å². The number of fused-ring (bicyclic) bond motifs is 1. The topological polar surface area (TPSA) is 44.9 Å². The summed E-state index contributed by atoms with van der Waals surface area (Å²) in [5, 5.41) is 8.89. The Morgan fingerprint density at radius 1 is 1.39 bits per heavy atom. The summed E-state index contributed by atoms with van der Waals surface area (Å²) in [6.07, 6.45) is 0.362. The number of benzene rings is 1. The molecule has 94 valence electrons. The second-order valence-electron chi connectivity index (χ2n) is 4.81. The number of nitriles is 1. The van der Waals surface area contributed by atoms with E-state index >= 15 is 0 Å². The average Bonchev–Trinajstić information content (AvgIpc) is 2.63. The fraction of sp³-hybridized carbons (Fsp3) is 0.429. The lowest BCUT2D eigenvalue weighted by atomic mass is 10.2.